The minimum absolute atomic E-state index is 0.0266. The molecule has 0 spiro atoms. The molecule has 0 radical (unpaired) electrons. The molecule has 2 aromatic carbocycles. The van der Waals surface area contributed by atoms with E-state index in [0.717, 1.165) is 24.5 Å². The van der Waals surface area contributed by atoms with E-state index in [4.69, 9.17) is 9.47 Å². The normalized spacial score (nSPS) is 10.9. The summed E-state index contributed by atoms with van der Waals surface area (Å²) in [5.41, 5.74) is 2.96. The highest BCUT2D eigenvalue weighted by molar-refractivity contribution is 14.1. The minimum atomic E-state index is -0.610. The fourth-order valence-corrected chi connectivity index (χ4v) is 4.29. The smallest absolute Gasteiger partial charge is 0.275 e. The predicted molar refractivity (Wildman–Crippen MR) is 122 cm³/mol. The molecule has 0 aromatic heterocycles. The minimum Gasteiger partial charge on any atom is -0.496 e. The van der Waals surface area contributed by atoms with Gasteiger partial charge in [0.05, 0.1) is 37.1 Å². The van der Waals surface area contributed by atoms with Crippen LogP contribution in [-0.2, 0) is 0 Å². The standard InChI is InChI=1S/C18H17I2N3O5/c1-10(2)28-17-14(19)6-11(7-15(17)20)9-21-22-18(24)13-8-12(23(25)26)4-5-16(13)27-3/h4-10H,1-3H3,(H,22,24)/b21-9-. The highest BCUT2D eigenvalue weighted by Crippen LogP contribution is 2.29. The maximum absolute atomic E-state index is 12.3. The number of nitrogens with zero attached hydrogens (tertiary/aromatic N) is 2. The van der Waals surface area contributed by atoms with Gasteiger partial charge in [0.2, 0.25) is 0 Å². The zero-order valence-electron chi connectivity index (χ0n) is 15.2. The number of carbonyl (C=O) groups excluding carboxylic acids is 1. The van der Waals surface area contributed by atoms with Crippen molar-refractivity contribution in [1.29, 1.82) is 0 Å². The summed E-state index contributed by atoms with van der Waals surface area (Å²) in [5.74, 6) is 0.414. The van der Waals surface area contributed by atoms with E-state index < -0.39 is 10.8 Å². The molecule has 2 aromatic rings. The van der Waals surface area contributed by atoms with E-state index in [9.17, 15) is 14.9 Å². The Labute approximate surface area is 189 Å². The number of hydrogen-bond donors (Lipinski definition) is 1. The Balaban J connectivity index is 2.18. The van der Waals surface area contributed by atoms with Crippen molar-refractivity contribution < 1.29 is 19.2 Å². The molecule has 0 saturated carbocycles. The number of rotatable bonds is 7. The van der Waals surface area contributed by atoms with Crippen LogP contribution in [-0.4, -0.2) is 30.3 Å². The second-order valence-electron chi connectivity index (χ2n) is 5.82. The van der Waals surface area contributed by atoms with Crippen LogP contribution >= 0.6 is 45.2 Å². The van der Waals surface area contributed by atoms with Gasteiger partial charge in [-0.15, -0.1) is 0 Å². The molecule has 0 saturated heterocycles. The SMILES string of the molecule is COc1ccc([N+](=O)[O-])cc1C(=O)N/N=C\c1cc(I)c(OC(C)C)c(I)c1. The number of hydrogen-bond acceptors (Lipinski definition) is 6. The number of nitro groups is 1. The lowest BCUT2D eigenvalue weighted by molar-refractivity contribution is -0.384. The van der Waals surface area contributed by atoms with Gasteiger partial charge < -0.3 is 9.47 Å². The molecule has 28 heavy (non-hydrogen) atoms. The van der Waals surface area contributed by atoms with Crippen LogP contribution in [0.3, 0.4) is 0 Å². The van der Waals surface area contributed by atoms with Crippen LogP contribution in [0.5, 0.6) is 11.5 Å². The summed E-state index contributed by atoms with van der Waals surface area (Å²) < 4.78 is 12.7. The van der Waals surface area contributed by atoms with Crippen LogP contribution in [0.2, 0.25) is 0 Å². The molecule has 0 bridgehead atoms. The number of methoxy groups -OCH3 is 1. The van der Waals surface area contributed by atoms with Crippen LogP contribution in [0.1, 0.15) is 29.8 Å². The molecule has 0 fully saturated rings. The van der Waals surface area contributed by atoms with Crippen LogP contribution < -0.4 is 14.9 Å². The summed E-state index contributed by atoms with van der Waals surface area (Å²) in [6, 6.07) is 7.54. The first-order valence-electron chi connectivity index (χ1n) is 8.04. The summed E-state index contributed by atoms with van der Waals surface area (Å²) in [6.45, 7) is 3.92. The molecular formula is C18H17I2N3O5. The molecule has 10 heteroatoms. The number of hydrazone groups is 1. The molecule has 1 amide bonds. The molecule has 0 aliphatic rings. The first-order valence-corrected chi connectivity index (χ1v) is 10.2. The van der Waals surface area contributed by atoms with Gasteiger partial charge in [0.1, 0.15) is 11.5 Å². The largest absolute Gasteiger partial charge is 0.496 e. The molecule has 0 heterocycles. The van der Waals surface area contributed by atoms with Crippen LogP contribution in [0.25, 0.3) is 0 Å². The first kappa shape index (κ1) is 22.3. The fourth-order valence-electron chi connectivity index (χ4n) is 2.21. The van der Waals surface area contributed by atoms with Gasteiger partial charge in [-0.05, 0) is 82.8 Å². The number of amides is 1. The van der Waals surface area contributed by atoms with Crippen molar-refractivity contribution in [3.05, 3.63) is 58.7 Å². The Hall–Kier alpha value is -1.96. The van der Waals surface area contributed by atoms with Crippen LogP contribution in [0.15, 0.2) is 35.4 Å². The molecule has 148 valence electrons. The van der Waals surface area contributed by atoms with E-state index >= 15 is 0 Å². The van der Waals surface area contributed by atoms with Gasteiger partial charge in [-0.25, -0.2) is 5.43 Å². The van der Waals surface area contributed by atoms with Crippen molar-refractivity contribution in [2.24, 2.45) is 5.10 Å². The molecule has 0 atom stereocenters. The quantitative estimate of drug-likeness (QED) is 0.218. The maximum Gasteiger partial charge on any atom is 0.275 e. The van der Waals surface area contributed by atoms with Crippen molar-refractivity contribution >= 4 is 63.0 Å². The number of non-ortho nitro benzene ring substituents is 1. The zero-order chi connectivity index (χ0) is 20.8. The third-order valence-corrected chi connectivity index (χ3v) is 4.99. The van der Waals surface area contributed by atoms with Gasteiger partial charge in [-0.2, -0.15) is 5.10 Å². The molecule has 2 rings (SSSR count). The van der Waals surface area contributed by atoms with Crippen molar-refractivity contribution in [2.45, 2.75) is 20.0 Å². The number of nitro benzene ring substituents is 1. The Bertz CT molecular complexity index is 908. The topological polar surface area (TPSA) is 103 Å². The predicted octanol–water partition coefficient (Wildman–Crippen LogP) is 4.36. The van der Waals surface area contributed by atoms with Gasteiger partial charge in [-0.3, -0.25) is 14.9 Å². The molecular weight excluding hydrogens is 592 g/mol. The lowest BCUT2D eigenvalue weighted by atomic mass is 10.1. The Morgan fingerprint density at radius 2 is 1.89 bits per heavy atom. The number of ether oxygens (including phenoxy) is 2. The molecule has 1 N–H and O–H groups in total. The second kappa shape index (κ2) is 10.0. The summed E-state index contributed by atoms with van der Waals surface area (Å²) in [6.07, 6.45) is 1.55. The second-order valence-corrected chi connectivity index (χ2v) is 8.15. The van der Waals surface area contributed by atoms with E-state index in [2.05, 4.69) is 55.7 Å². The van der Waals surface area contributed by atoms with E-state index in [1.54, 1.807) is 0 Å². The number of benzene rings is 2. The third kappa shape index (κ3) is 5.77. The molecule has 0 aliphatic carbocycles. The molecule has 0 aliphatic heterocycles. The van der Waals surface area contributed by atoms with Crippen molar-refractivity contribution in [1.82, 2.24) is 5.43 Å². The monoisotopic (exact) mass is 609 g/mol. The lowest BCUT2D eigenvalue weighted by Crippen LogP contribution is -2.18. The lowest BCUT2D eigenvalue weighted by Gasteiger charge is -2.14. The average molecular weight is 609 g/mol. The van der Waals surface area contributed by atoms with E-state index in [-0.39, 0.29) is 23.1 Å². The highest BCUT2D eigenvalue weighted by Gasteiger charge is 2.17. The Morgan fingerprint density at radius 3 is 2.43 bits per heavy atom. The van der Waals surface area contributed by atoms with E-state index in [0.29, 0.717) is 0 Å². The summed E-state index contributed by atoms with van der Waals surface area (Å²) >= 11 is 4.36. The first-order chi connectivity index (χ1) is 13.2. The van der Waals surface area contributed by atoms with Gasteiger partial charge >= 0.3 is 0 Å². The summed E-state index contributed by atoms with van der Waals surface area (Å²) in [4.78, 5) is 22.7. The maximum atomic E-state index is 12.3. The van der Waals surface area contributed by atoms with Crippen LogP contribution in [0, 0.1) is 17.3 Å². The number of nitrogens with one attached hydrogen (secondary N) is 1. The Morgan fingerprint density at radius 1 is 1.25 bits per heavy atom. The molecule has 0 unspecified atom stereocenters. The number of carbonyl (C=O) groups is 1. The van der Waals surface area contributed by atoms with E-state index in [1.165, 1.54) is 25.5 Å². The van der Waals surface area contributed by atoms with Gasteiger partial charge in [-0.1, -0.05) is 0 Å². The number of halogens is 2. The van der Waals surface area contributed by atoms with Crippen molar-refractivity contribution in [2.75, 3.05) is 7.11 Å². The zero-order valence-corrected chi connectivity index (χ0v) is 19.5. The van der Waals surface area contributed by atoms with E-state index in [1.807, 2.05) is 26.0 Å². The van der Waals surface area contributed by atoms with Crippen LogP contribution in [0.4, 0.5) is 5.69 Å². The Kier molecular flexibility index (Phi) is 7.98. The fraction of sp³-hybridized carbons (Fsp3) is 0.222. The van der Waals surface area contributed by atoms with Gasteiger partial charge in [0, 0.05) is 12.1 Å². The van der Waals surface area contributed by atoms with Crippen molar-refractivity contribution in [3.63, 3.8) is 0 Å². The third-order valence-electron chi connectivity index (χ3n) is 3.39. The van der Waals surface area contributed by atoms with Gasteiger partial charge in [0.15, 0.2) is 0 Å². The highest BCUT2D eigenvalue weighted by atomic mass is 127. The summed E-state index contributed by atoms with van der Waals surface area (Å²) in [5, 5.41) is 14.9. The van der Waals surface area contributed by atoms with Crippen molar-refractivity contribution in [3.8, 4) is 11.5 Å². The van der Waals surface area contributed by atoms with Gasteiger partial charge in [0.25, 0.3) is 11.6 Å². The average Bonchev–Trinajstić information content (AvgIpc) is 2.63. The molecule has 8 nitrogen and oxygen atoms in total. The summed E-state index contributed by atoms with van der Waals surface area (Å²) in [7, 11) is 1.38.